The van der Waals surface area contributed by atoms with Gasteiger partial charge in [-0.05, 0) is 35.9 Å². The minimum absolute atomic E-state index is 0.226. The van der Waals surface area contributed by atoms with E-state index in [0.717, 1.165) is 28.7 Å². The third-order valence-electron chi connectivity index (χ3n) is 3.00. The number of aliphatic imine (C=N–C) groups is 1. The second-order valence-electron chi connectivity index (χ2n) is 4.44. The summed E-state index contributed by atoms with van der Waals surface area (Å²) >= 11 is 1.73. The summed E-state index contributed by atoms with van der Waals surface area (Å²) < 4.78 is 13.1. The highest BCUT2D eigenvalue weighted by atomic mass is 32.2. The largest absolute Gasteiger partial charge is 0.317 e. The van der Waals surface area contributed by atoms with E-state index in [9.17, 15) is 4.39 Å². The minimum Gasteiger partial charge on any atom is -0.317 e. The van der Waals surface area contributed by atoms with Crippen LogP contribution in [0, 0.1) is 5.82 Å². The Morgan fingerprint density at radius 1 is 1.20 bits per heavy atom. The van der Waals surface area contributed by atoms with E-state index in [1.807, 2.05) is 18.3 Å². The molecule has 1 aliphatic heterocycles. The molecule has 1 aromatic carbocycles. The fraction of sp³-hybridized carbons (Fsp3) is 0.200. The summed E-state index contributed by atoms with van der Waals surface area (Å²) in [5.74, 6) is 0.774. The lowest BCUT2D eigenvalue weighted by atomic mass is 10.2. The first kappa shape index (κ1) is 13.1. The number of anilines is 1. The van der Waals surface area contributed by atoms with Crippen LogP contribution in [-0.2, 0) is 6.54 Å². The van der Waals surface area contributed by atoms with Crippen LogP contribution < -0.4 is 4.90 Å². The number of aromatic nitrogens is 1. The van der Waals surface area contributed by atoms with Gasteiger partial charge in [0.1, 0.15) is 5.82 Å². The van der Waals surface area contributed by atoms with Crippen molar-refractivity contribution in [3.05, 3.63) is 60.2 Å². The fourth-order valence-electron chi connectivity index (χ4n) is 2.05. The summed E-state index contributed by atoms with van der Waals surface area (Å²) in [6, 6.07) is 10.5. The highest BCUT2D eigenvalue weighted by Gasteiger charge is 2.18. The zero-order chi connectivity index (χ0) is 13.8. The van der Waals surface area contributed by atoms with Crippen LogP contribution in [0.25, 0.3) is 0 Å². The predicted molar refractivity (Wildman–Crippen MR) is 81.6 cm³/mol. The number of rotatable bonds is 3. The van der Waals surface area contributed by atoms with E-state index in [1.54, 1.807) is 30.1 Å². The fourth-order valence-corrected chi connectivity index (χ4v) is 2.93. The summed E-state index contributed by atoms with van der Waals surface area (Å²) in [6.45, 7) is 1.52. The van der Waals surface area contributed by atoms with Crippen molar-refractivity contribution >= 4 is 22.6 Å². The number of thioether (sulfide) groups is 1. The first-order chi connectivity index (χ1) is 9.83. The van der Waals surface area contributed by atoms with Gasteiger partial charge in [0, 0.05) is 23.8 Å². The third-order valence-corrected chi connectivity index (χ3v) is 4.00. The van der Waals surface area contributed by atoms with E-state index in [-0.39, 0.29) is 5.82 Å². The Morgan fingerprint density at radius 3 is 2.70 bits per heavy atom. The first-order valence-corrected chi connectivity index (χ1v) is 7.41. The molecule has 0 saturated heterocycles. The van der Waals surface area contributed by atoms with E-state index >= 15 is 0 Å². The molecular weight excluding hydrogens is 273 g/mol. The maximum absolute atomic E-state index is 13.1. The molecule has 20 heavy (non-hydrogen) atoms. The van der Waals surface area contributed by atoms with Crippen molar-refractivity contribution in [2.45, 2.75) is 6.54 Å². The van der Waals surface area contributed by atoms with Gasteiger partial charge in [-0.2, -0.15) is 0 Å². The number of hydrogen-bond donors (Lipinski definition) is 0. The van der Waals surface area contributed by atoms with E-state index in [0.29, 0.717) is 6.54 Å². The molecule has 0 N–H and O–H groups in total. The molecule has 2 heterocycles. The number of benzene rings is 1. The molecule has 0 amide bonds. The van der Waals surface area contributed by atoms with Crippen molar-refractivity contribution in [2.75, 3.05) is 17.2 Å². The van der Waals surface area contributed by atoms with Crippen molar-refractivity contribution in [3.63, 3.8) is 0 Å². The van der Waals surface area contributed by atoms with Gasteiger partial charge in [-0.1, -0.05) is 17.8 Å². The van der Waals surface area contributed by atoms with Gasteiger partial charge in [-0.3, -0.25) is 9.98 Å². The Bertz CT molecular complexity index is 598. The van der Waals surface area contributed by atoms with Gasteiger partial charge in [-0.25, -0.2) is 4.39 Å². The Labute approximate surface area is 121 Å². The first-order valence-electron chi connectivity index (χ1n) is 6.42. The molecule has 3 nitrogen and oxygen atoms in total. The lowest BCUT2D eigenvalue weighted by Crippen LogP contribution is -2.27. The molecule has 3 rings (SSSR count). The Hall–Kier alpha value is -1.88. The molecule has 2 aromatic rings. The Kier molecular flexibility index (Phi) is 3.97. The number of halogens is 1. The van der Waals surface area contributed by atoms with E-state index in [2.05, 4.69) is 14.9 Å². The second kappa shape index (κ2) is 6.05. The number of hydrogen-bond acceptors (Lipinski definition) is 4. The Morgan fingerprint density at radius 2 is 2.05 bits per heavy atom. The van der Waals surface area contributed by atoms with Crippen LogP contribution in [0.2, 0.25) is 0 Å². The van der Waals surface area contributed by atoms with Crippen molar-refractivity contribution < 1.29 is 4.39 Å². The third kappa shape index (κ3) is 2.99. The molecule has 0 spiro atoms. The van der Waals surface area contributed by atoms with Crippen LogP contribution in [0.5, 0.6) is 0 Å². The second-order valence-corrected chi connectivity index (χ2v) is 5.50. The normalized spacial score (nSPS) is 14.2. The van der Waals surface area contributed by atoms with Gasteiger partial charge in [0.2, 0.25) is 0 Å². The van der Waals surface area contributed by atoms with Crippen LogP contribution in [0.15, 0.2) is 53.8 Å². The van der Waals surface area contributed by atoms with Crippen LogP contribution in [0.1, 0.15) is 5.56 Å². The molecule has 1 aromatic heterocycles. The molecule has 0 saturated carbocycles. The van der Waals surface area contributed by atoms with Crippen molar-refractivity contribution in [1.82, 2.24) is 4.98 Å². The standard InChI is InChI=1S/C15H14FN3S/c16-13-3-5-14(6-4-13)19(15-18-8-9-20-15)11-12-2-1-7-17-10-12/h1-7,10H,8-9,11H2. The van der Waals surface area contributed by atoms with Gasteiger partial charge in [0.25, 0.3) is 0 Å². The Balaban J connectivity index is 1.89. The molecule has 0 bridgehead atoms. The minimum atomic E-state index is -0.226. The topological polar surface area (TPSA) is 28.5 Å². The zero-order valence-electron chi connectivity index (χ0n) is 10.9. The summed E-state index contributed by atoms with van der Waals surface area (Å²) in [5.41, 5.74) is 2.05. The molecule has 5 heteroatoms. The lowest BCUT2D eigenvalue weighted by Gasteiger charge is -2.24. The monoisotopic (exact) mass is 287 g/mol. The zero-order valence-corrected chi connectivity index (χ0v) is 11.7. The summed E-state index contributed by atoms with van der Waals surface area (Å²) in [4.78, 5) is 10.8. The van der Waals surface area contributed by atoms with E-state index < -0.39 is 0 Å². The van der Waals surface area contributed by atoms with Gasteiger partial charge < -0.3 is 4.90 Å². The summed E-state index contributed by atoms with van der Waals surface area (Å²) in [6.07, 6.45) is 3.60. The van der Waals surface area contributed by atoms with Gasteiger partial charge >= 0.3 is 0 Å². The van der Waals surface area contributed by atoms with E-state index in [4.69, 9.17) is 0 Å². The highest BCUT2D eigenvalue weighted by molar-refractivity contribution is 8.14. The molecule has 1 aliphatic rings. The number of pyridine rings is 1. The molecule has 0 radical (unpaired) electrons. The van der Waals surface area contributed by atoms with Crippen LogP contribution in [0.4, 0.5) is 10.1 Å². The molecular formula is C15H14FN3S. The average Bonchev–Trinajstić information content (AvgIpc) is 3.01. The smallest absolute Gasteiger partial charge is 0.164 e. The maximum atomic E-state index is 13.1. The molecule has 0 unspecified atom stereocenters. The summed E-state index contributed by atoms with van der Waals surface area (Å²) in [7, 11) is 0. The van der Waals surface area contributed by atoms with Crippen LogP contribution in [-0.4, -0.2) is 22.4 Å². The highest BCUT2D eigenvalue weighted by Crippen LogP contribution is 2.25. The average molecular weight is 287 g/mol. The predicted octanol–water partition coefficient (Wildman–Crippen LogP) is 3.33. The quantitative estimate of drug-likeness (QED) is 0.867. The van der Waals surface area contributed by atoms with Crippen LogP contribution >= 0.6 is 11.8 Å². The molecule has 0 atom stereocenters. The van der Waals surface area contributed by atoms with Crippen molar-refractivity contribution in [2.24, 2.45) is 4.99 Å². The van der Waals surface area contributed by atoms with Crippen LogP contribution in [0.3, 0.4) is 0 Å². The van der Waals surface area contributed by atoms with Gasteiger partial charge in [0.15, 0.2) is 5.17 Å². The molecule has 0 fully saturated rings. The van der Waals surface area contributed by atoms with Gasteiger partial charge in [-0.15, -0.1) is 0 Å². The van der Waals surface area contributed by atoms with E-state index in [1.165, 1.54) is 12.1 Å². The maximum Gasteiger partial charge on any atom is 0.164 e. The number of nitrogens with zero attached hydrogens (tertiary/aromatic N) is 3. The lowest BCUT2D eigenvalue weighted by molar-refractivity contribution is 0.628. The summed E-state index contributed by atoms with van der Waals surface area (Å²) in [5, 5.41) is 0.987. The number of amidine groups is 1. The molecule has 102 valence electrons. The SMILES string of the molecule is Fc1ccc(N(Cc2cccnc2)C2=NCCS2)cc1. The van der Waals surface area contributed by atoms with Crippen molar-refractivity contribution in [1.29, 1.82) is 0 Å². The van der Waals surface area contributed by atoms with Gasteiger partial charge in [0.05, 0.1) is 13.1 Å². The van der Waals surface area contributed by atoms with Crippen molar-refractivity contribution in [3.8, 4) is 0 Å². The molecule has 0 aliphatic carbocycles.